The van der Waals surface area contributed by atoms with E-state index in [4.69, 9.17) is 5.11 Å². The molecule has 0 fully saturated rings. The number of nitrogens with zero attached hydrogens (tertiary/aromatic N) is 3. The van der Waals surface area contributed by atoms with Crippen LogP contribution in [0.1, 0.15) is 16.7 Å². The summed E-state index contributed by atoms with van der Waals surface area (Å²) in [6.07, 6.45) is 1.97. The molecule has 1 N–H and O–H groups in total. The van der Waals surface area contributed by atoms with Gasteiger partial charge in [-0.05, 0) is 16.7 Å². The first kappa shape index (κ1) is 18.5. The van der Waals surface area contributed by atoms with E-state index in [0.717, 1.165) is 21.7 Å². The quantitative estimate of drug-likeness (QED) is 0.381. The molecule has 0 aliphatic rings. The normalized spacial score (nSPS) is 11.5. The van der Waals surface area contributed by atoms with Gasteiger partial charge in [0.1, 0.15) is 10.6 Å². The Bertz CT molecular complexity index is 907. The van der Waals surface area contributed by atoms with E-state index >= 15 is 0 Å². The zero-order valence-corrected chi connectivity index (χ0v) is 16.2. The average molecular weight is 388 g/mol. The first-order chi connectivity index (χ1) is 13.9. The van der Waals surface area contributed by atoms with E-state index in [1.54, 1.807) is 0 Å². The van der Waals surface area contributed by atoms with E-state index in [1.807, 2.05) is 65.5 Å². The molecule has 3 aromatic carbocycles. The van der Waals surface area contributed by atoms with Gasteiger partial charge in [-0.1, -0.05) is 96.2 Å². The van der Waals surface area contributed by atoms with Crippen LogP contribution in [0.25, 0.3) is 0 Å². The van der Waals surface area contributed by atoms with Gasteiger partial charge in [0, 0.05) is 5.75 Å². The fourth-order valence-electron chi connectivity index (χ4n) is 3.56. The molecular weight excluding hydrogens is 366 g/mol. The molecule has 28 heavy (non-hydrogen) atoms. The minimum absolute atomic E-state index is 0.110. The lowest BCUT2D eigenvalue weighted by Gasteiger charge is -2.35. The lowest BCUT2D eigenvalue weighted by molar-refractivity contribution is 0.322. The van der Waals surface area contributed by atoms with Crippen LogP contribution in [-0.2, 0) is 5.54 Å². The van der Waals surface area contributed by atoms with Crippen molar-refractivity contribution in [1.29, 1.82) is 0 Å². The van der Waals surface area contributed by atoms with Crippen molar-refractivity contribution in [3.8, 4) is 0 Å². The van der Waals surface area contributed by atoms with E-state index in [0.29, 0.717) is 5.75 Å². The molecule has 140 valence electrons. The summed E-state index contributed by atoms with van der Waals surface area (Å²) >= 11 is 1.50. The van der Waals surface area contributed by atoms with Gasteiger partial charge >= 0.3 is 0 Å². The third kappa shape index (κ3) is 3.35. The van der Waals surface area contributed by atoms with Crippen molar-refractivity contribution in [1.82, 2.24) is 15.0 Å². The minimum Gasteiger partial charge on any atom is -0.396 e. The molecular formula is C23H21N3OS. The molecule has 0 radical (unpaired) electrons. The molecule has 5 heteroatoms. The zero-order chi connectivity index (χ0) is 19.2. The number of aliphatic hydroxyl groups is 1. The van der Waals surface area contributed by atoms with Crippen LogP contribution in [0.5, 0.6) is 0 Å². The van der Waals surface area contributed by atoms with E-state index < -0.39 is 5.54 Å². The van der Waals surface area contributed by atoms with E-state index in [-0.39, 0.29) is 6.61 Å². The number of aromatic nitrogens is 3. The predicted octanol–water partition coefficient (Wildman–Crippen LogP) is 4.20. The second-order valence-corrected chi connectivity index (χ2v) is 7.50. The van der Waals surface area contributed by atoms with Gasteiger partial charge < -0.3 is 5.11 Å². The molecule has 4 aromatic rings. The largest absolute Gasteiger partial charge is 0.396 e. The summed E-state index contributed by atoms with van der Waals surface area (Å²) in [5, 5.41) is 18.8. The number of hydrogen-bond donors (Lipinski definition) is 1. The Hall–Kier alpha value is -2.89. The van der Waals surface area contributed by atoms with Gasteiger partial charge in [-0.15, -0.1) is 16.9 Å². The smallest absolute Gasteiger partial charge is 0.139 e. The first-order valence-electron chi connectivity index (χ1n) is 9.19. The van der Waals surface area contributed by atoms with Gasteiger partial charge in [-0.2, -0.15) is 0 Å². The molecule has 1 heterocycles. The summed E-state index contributed by atoms with van der Waals surface area (Å²) in [7, 11) is 0. The van der Waals surface area contributed by atoms with Crippen LogP contribution >= 0.6 is 11.8 Å². The molecule has 1 aromatic heterocycles. The molecule has 0 spiro atoms. The van der Waals surface area contributed by atoms with Gasteiger partial charge in [0.25, 0.3) is 0 Å². The summed E-state index contributed by atoms with van der Waals surface area (Å²) in [5.41, 5.74) is 2.68. The van der Waals surface area contributed by atoms with E-state index in [9.17, 15) is 0 Å². The fraction of sp³-hybridized carbons (Fsp3) is 0.130. The van der Waals surface area contributed by atoms with E-state index in [1.165, 1.54) is 11.8 Å². The SMILES string of the molecule is OCCSc1cn(C(c2ccccc2)(c2ccccc2)c2ccccc2)nn1. The van der Waals surface area contributed by atoms with Crippen LogP contribution in [0.4, 0.5) is 0 Å². The summed E-state index contributed by atoms with van der Waals surface area (Å²) in [6, 6.07) is 31.1. The maximum atomic E-state index is 9.15. The van der Waals surface area contributed by atoms with Crippen molar-refractivity contribution in [3.63, 3.8) is 0 Å². The second-order valence-electron chi connectivity index (χ2n) is 6.38. The molecule has 0 unspecified atom stereocenters. The van der Waals surface area contributed by atoms with Gasteiger partial charge in [0.15, 0.2) is 0 Å². The van der Waals surface area contributed by atoms with Crippen LogP contribution < -0.4 is 0 Å². The van der Waals surface area contributed by atoms with Gasteiger partial charge in [-0.3, -0.25) is 0 Å². The number of benzene rings is 3. The first-order valence-corrected chi connectivity index (χ1v) is 10.2. The standard InChI is InChI=1S/C23H21N3OS/c27-16-17-28-22-18-26(25-24-22)23(19-10-4-1-5-11-19,20-12-6-2-7-13-20)21-14-8-3-9-15-21/h1-15,18,27H,16-17H2. The van der Waals surface area contributed by atoms with Crippen LogP contribution in [0.2, 0.25) is 0 Å². The molecule has 0 bridgehead atoms. The summed E-state index contributed by atoms with van der Waals surface area (Å²) in [4.78, 5) is 0. The highest BCUT2D eigenvalue weighted by Gasteiger charge is 2.39. The van der Waals surface area contributed by atoms with Gasteiger partial charge in [-0.25, -0.2) is 4.68 Å². The summed E-state index contributed by atoms with van der Waals surface area (Å²) in [5.74, 6) is 0.591. The molecule has 4 rings (SSSR count). The van der Waals surface area contributed by atoms with Gasteiger partial charge in [0.05, 0.1) is 12.8 Å². The van der Waals surface area contributed by atoms with Crippen molar-refractivity contribution in [2.24, 2.45) is 0 Å². The van der Waals surface area contributed by atoms with Crippen LogP contribution in [0.3, 0.4) is 0 Å². The number of hydrogen-bond acceptors (Lipinski definition) is 4. The fourth-order valence-corrected chi connectivity index (χ4v) is 4.13. The minimum atomic E-state index is -0.644. The Kier molecular flexibility index (Phi) is 5.55. The van der Waals surface area contributed by atoms with Crippen LogP contribution in [-0.4, -0.2) is 32.5 Å². The lowest BCUT2D eigenvalue weighted by atomic mass is 9.77. The van der Waals surface area contributed by atoms with Crippen molar-refractivity contribution in [3.05, 3.63) is 114 Å². The van der Waals surface area contributed by atoms with Crippen molar-refractivity contribution >= 4 is 11.8 Å². The number of aliphatic hydroxyl groups excluding tert-OH is 1. The monoisotopic (exact) mass is 387 g/mol. The Labute approximate surface area is 168 Å². The van der Waals surface area contributed by atoms with Crippen LogP contribution in [0, 0.1) is 0 Å². The predicted molar refractivity (Wildman–Crippen MR) is 112 cm³/mol. The average Bonchev–Trinajstić information content (AvgIpc) is 3.24. The van der Waals surface area contributed by atoms with Gasteiger partial charge in [0.2, 0.25) is 0 Å². The molecule has 0 aliphatic carbocycles. The third-order valence-corrected chi connectivity index (χ3v) is 5.60. The highest BCUT2D eigenvalue weighted by atomic mass is 32.2. The molecule has 0 atom stereocenters. The van der Waals surface area contributed by atoms with Crippen molar-refractivity contribution in [2.45, 2.75) is 10.6 Å². The zero-order valence-electron chi connectivity index (χ0n) is 15.3. The number of thioether (sulfide) groups is 1. The highest BCUT2D eigenvalue weighted by molar-refractivity contribution is 7.99. The molecule has 0 aliphatic heterocycles. The van der Waals surface area contributed by atoms with Crippen LogP contribution in [0.15, 0.2) is 102 Å². The molecule has 0 saturated heterocycles. The molecule has 4 nitrogen and oxygen atoms in total. The maximum Gasteiger partial charge on any atom is 0.139 e. The Morgan fingerprint density at radius 1 is 0.750 bits per heavy atom. The Morgan fingerprint density at radius 2 is 1.21 bits per heavy atom. The third-order valence-electron chi connectivity index (χ3n) is 4.73. The molecule has 0 amide bonds. The Morgan fingerprint density at radius 3 is 1.64 bits per heavy atom. The Balaban J connectivity index is 2.00. The highest BCUT2D eigenvalue weighted by Crippen LogP contribution is 2.40. The van der Waals surface area contributed by atoms with E-state index in [2.05, 4.69) is 46.7 Å². The van der Waals surface area contributed by atoms with Crippen molar-refractivity contribution in [2.75, 3.05) is 12.4 Å². The maximum absolute atomic E-state index is 9.15. The summed E-state index contributed by atoms with van der Waals surface area (Å²) < 4.78 is 1.94. The molecule has 0 saturated carbocycles. The van der Waals surface area contributed by atoms with Crippen molar-refractivity contribution < 1.29 is 5.11 Å². The number of rotatable bonds is 7. The second kappa shape index (κ2) is 8.42. The lowest BCUT2D eigenvalue weighted by Crippen LogP contribution is -2.38. The topological polar surface area (TPSA) is 50.9 Å². The summed E-state index contributed by atoms with van der Waals surface area (Å²) in [6.45, 7) is 0.110.